The predicted octanol–water partition coefficient (Wildman–Crippen LogP) is 3.83. The SMILES string of the molecule is Brc1cccc(N2CCCCCC2)c1. The molecule has 0 unspecified atom stereocenters. The standard InChI is InChI=1S/C12H16BrN/c13-11-6-5-7-12(10-11)14-8-3-1-2-4-9-14/h5-7,10H,1-4,8-9H2. The van der Waals surface area contributed by atoms with Crippen LogP contribution in [-0.4, -0.2) is 13.1 Å². The third kappa shape index (κ3) is 2.50. The zero-order chi connectivity index (χ0) is 9.80. The zero-order valence-corrected chi connectivity index (χ0v) is 9.96. The summed E-state index contributed by atoms with van der Waals surface area (Å²) in [6.45, 7) is 2.44. The van der Waals surface area contributed by atoms with Crippen LogP contribution in [0.3, 0.4) is 0 Å². The molecule has 0 saturated carbocycles. The lowest BCUT2D eigenvalue weighted by atomic mass is 10.2. The lowest BCUT2D eigenvalue weighted by Gasteiger charge is -2.22. The van der Waals surface area contributed by atoms with Gasteiger partial charge in [0.15, 0.2) is 0 Å². The summed E-state index contributed by atoms with van der Waals surface area (Å²) in [4.78, 5) is 2.50. The quantitative estimate of drug-likeness (QED) is 0.736. The Hall–Kier alpha value is -0.500. The van der Waals surface area contributed by atoms with E-state index in [-0.39, 0.29) is 0 Å². The summed E-state index contributed by atoms with van der Waals surface area (Å²) in [7, 11) is 0. The first-order chi connectivity index (χ1) is 6.86. The number of hydrogen-bond acceptors (Lipinski definition) is 1. The van der Waals surface area contributed by atoms with E-state index >= 15 is 0 Å². The zero-order valence-electron chi connectivity index (χ0n) is 8.38. The Balaban J connectivity index is 2.12. The number of hydrogen-bond donors (Lipinski definition) is 0. The van der Waals surface area contributed by atoms with Gasteiger partial charge in [-0.05, 0) is 31.0 Å². The van der Waals surface area contributed by atoms with Crippen LogP contribution in [0.25, 0.3) is 0 Å². The second-order valence-electron chi connectivity index (χ2n) is 3.88. The van der Waals surface area contributed by atoms with E-state index in [0.29, 0.717) is 0 Å². The number of anilines is 1. The van der Waals surface area contributed by atoms with Crippen molar-refractivity contribution >= 4 is 21.6 Å². The first-order valence-electron chi connectivity index (χ1n) is 5.37. The summed E-state index contributed by atoms with van der Waals surface area (Å²) >= 11 is 3.52. The van der Waals surface area contributed by atoms with Gasteiger partial charge in [0.2, 0.25) is 0 Å². The Morgan fingerprint density at radius 3 is 2.36 bits per heavy atom. The van der Waals surface area contributed by atoms with Crippen LogP contribution in [-0.2, 0) is 0 Å². The van der Waals surface area contributed by atoms with Crippen molar-refractivity contribution in [3.05, 3.63) is 28.7 Å². The van der Waals surface area contributed by atoms with Gasteiger partial charge in [-0.1, -0.05) is 34.8 Å². The molecule has 76 valence electrons. The van der Waals surface area contributed by atoms with Gasteiger partial charge in [0, 0.05) is 23.2 Å². The van der Waals surface area contributed by atoms with Gasteiger partial charge in [-0.15, -0.1) is 0 Å². The molecule has 2 heteroatoms. The van der Waals surface area contributed by atoms with E-state index in [2.05, 4.69) is 45.1 Å². The fourth-order valence-corrected chi connectivity index (χ4v) is 2.39. The van der Waals surface area contributed by atoms with E-state index in [4.69, 9.17) is 0 Å². The molecule has 0 amide bonds. The Morgan fingerprint density at radius 1 is 1.00 bits per heavy atom. The van der Waals surface area contributed by atoms with Crippen molar-refractivity contribution in [3.8, 4) is 0 Å². The van der Waals surface area contributed by atoms with Gasteiger partial charge in [-0.3, -0.25) is 0 Å². The summed E-state index contributed by atoms with van der Waals surface area (Å²) in [6, 6.07) is 8.62. The van der Waals surface area contributed by atoms with Crippen molar-refractivity contribution in [1.29, 1.82) is 0 Å². The van der Waals surface area contributed by atoms with E-state index < -0.39 is 0 Å². The van der Waals surface area contributed by atoms with Crippen LogP contribution in [0.4, 0.5) is 5.69 Å². The Morgan fingerprint density at radius 2 is 1.71 bits per heavy atom. The second-order valence-corrected chi connectivity index (χ2v) is 4.80. The average molecular weight is 254 g/mol. The minimum atomic E-state index is 1.18. The summed E-state index contributed by atoms with van der Waals surface area (Å²) in [6.07, 6.45) is 5.47. The molecule has 1 heterocycles. The Labute approximate surface area is 94.2 Å². The molecule has 0 spiro atoms. The molecular formula is C12H16BrN. The molecule has 0 aromatic heterocycles. The van der Waals surface area contributed by atoms with Crippen LogP contribution >= 0.6 is 15.9 Å². The van der Waals surface area contributed by atoms with Gasteiger partial charge < -0.3 is 4.90 Å². The molecule has 0 N–H and O–H groups in total. The highest BCUT2D eigenvalue weighted by atomic mass is 79.9. The average Bonchev–Trinajstić information content (AvgIpc) is 2.45. The largest absolute Gasteiger partial charge is 0.372 e. The minimum Gasteiger partial charge on any atom is -0.372 e. The van der Waals surface area contributed by atoms with Gasteiger partial charge in [0.05, 0.1) is 0 Å². The molecular weight excluding hydrogens is 238 g/mol. The lowest BCUT2D eigenvalue weighted by molar-refractivity contribution is 0.726. The minimum absolute atomic E-state index is 1.18. The van der Waals surface area contributed by atoms with E-state index in [0.717, 1.165) is 0 Å². The Kier molecular flexibility index (Phi) is 3.46. The molecule has 1 aromatic rings. The molecule has 0 atom stereocenters. The van der Waals surface area contributed by atoms with Crippen LogP contribution in [0.2, 0.25) is 0 Å². The molecule has 1 aliphatic heterocycles. The van der Waals surface area contributed by atoms with Crippen molar-refractivity contribution in [3.63, 3.8) is 0 Å². The molecule has 0 bridgehead atoms. The van der Waals surface area contributed by atoms with E-state index in [1.54, 1.807) is 0 Å². The van der Waals surface area contributed by atoms with E-state index in [1.165, 1.54) is 48.9 Å². The maximum atomic E-state index is 3.52. The van der Waals surface area contributed by atoms with Crippen molar-refractivity contribution < 1.29 is 0 Å². The molecule has 1 nitrogen and oxygen atoms in total. The van der Waals surface area contributed by atoms with Crippen LogP contribution in [0.5, 0.6) is 0 Å². The smallest absolute Gasteiger partial charge is 0.0377 e. The molecule has 2 rings (SSSR count). The lowest BCUT2D eigenvalue weighted by Crippen LogP contribution is -2.23. The first kappa shape index (κ1) is 10.0. The number of nitrogens with zero attached hydrogens (tertiary/aromatic N) is 1. The molecule has 14 heavy (non-hydrogen) atoms. The first-order valence-corrected chi connectivity index (χ1v) is 6.16. The summed E-state index contributed by atoms with van der Waals surface area (Å²) < 4.78 is 1.18. The fraction of sp³-hybridized carbons (Fsp3) is 0.500. The maximum Gasteiger partial charge on any atom is 0.0377 e. The monoisotopic (exact) mass is 253 g/mol. The summed E-state index contributed by atoms with van der Waals surface area (Å²) in [5, 5.41) is 0. The van der Waals surface area contributed by atoms with Gasteiger partial charge in [0.1, 0.15) is 0 Å². The van der Waals surface area contributed by atoms with Crippen molar-refractivity contribution in [1.82, 2.24) is 0 Å². The molecule has 0 aliphatic carbocycles. The third-order valence-electron chi connectivity index (χ3n) is 2.78. The van der Waals surface area contributed by atoms with E-state index in [1.807, 2.05) is 0 Å². The second kappa shape index (κ2) is 4.83. The van der Waals surface area contributed by atoms with E-state index in [9.17, 15) is 0 Å². The molecule has 1 saturated heterocycles. The summed E-state index contributed by atoms with van der Waals surface area (Å²) in [5.74, 6) is 0. The normalized spacial score (nSPS) is 17.9. The Bertz CT molecular complexity index is 290. The molecule has 1 aliphatic rings. The van der Waals surface area contributed by atoms with Crippen molar-refractivity contribution in [2.45, 2.75) is 25.7 Å². The molecule has 1 aromatic carbocycles. The number of benzene rings is 1. The summed E-state index contributed by atoms with van der Waals surface area (Å²) in [5.41, 5.74) is 1.36. The highest BCUT2D eigenvalue weighted by molar-refractivity contribution is 9.10. The van der Waals surface area contributed by atoms with Crippen molar-refractivity contribution in [2.75, 3.05) is 18.0 Å². The maximum absolute atomic E-state index is 3.52. The van der Waals surface area contributed by atoms with Crippen LogP contribution in [0, 0.1) is 0 Å². The van der Waals surface area contributed by atoms with Crippen molar-refractivity contribution in [2.24, 2.45) is 0 Å². The topological polar surface area (TPSA) is 3.24 Å². The van der Waals surface area contributed by atoms with Crippen LogP contribution in [0.1, 0.15) is 25.7 Å². The van der Waals surface area contributed by atoms with Crippen LogP contribution < -0.4 is 4.90 Å². The van der Waals surface area contributed by atoms with Crippen LogP contribution in [0.15, 0.2) is 28.7 Å². The number of halogens is 1. The van der Waals surface area contributed by atoms with Gasteiger partial charge in [-0.2, -0.15) is 0 Å². The predicted molar refractivity (Wildman–Crippen MR) is 64.8 cm³/mol. The third-order valence-corrected chi connectivity index (χ3v) is 3.27. The van der Waals surface area contributed by atoms with Gasteiger partial charge >= 0.3 is 0 Å². The van der Waals surface area contributed by atoms with Gasteiger partial charge in [0.25, 0.3) is 0 Å². The number of rotatable bonds is 1. The molecule has 0 radical (unpaired) electrons. The molecule has 1 fully saturated rings. The van der Waals surface area contributed by atoms with Gasteiger partial charge in [-0.25, -0.2) is 0 Å². The highest BCUT2D eigenvalue weighted by Gasteiger charge is 2.09. The fourth-order valence-electron chi connectivity index (χ4n) is 2.00. The highest BCUT2D eigenvalue weighted by Crippen LogP contribution is 2.22.